The summed E-state index contributed by atoms with van der Waals surface area (Å²) in [5.41, 5.74) is 7.87. The van der Waals surface area contributed by atoms with Gasteiger partial charge in [0.1, 0.15) is 5.75 Å². The first kappa shape index (κ1) is 12.0. The van der Waals surface area contributed by atoms with E-state index in [1.165, 1.54) is 11.1 Å². The summed E-state index contributed by atoms with van der Waals surface area (Å²) in [7, 11) is 0. The van der Waals surface area contributed by atoms with Crippen LogP contribution in [0.15, 0.2) is 18.2 Å². The summed E-state index contributed by atoms with van der Waals surface area (Å²) in [5.74, 6) is 0.980. The summed E-state index contributed by atoms with van der Waals surface area (Å²) in [4.78, 5) is 0. The summed E-state index contributed by atoms with van der Waals surface area (Å²) in [5, 5.41) is 3.10. The lowest BCUT2D eigenvalue weighted by atomic mass is 10.1. The van der Waals surface area contributed by atoms with Crippen LogP contribution in [0.4, 0.5) is 0 Å². The van der Waals surface area contributed by atoms with Crippen LogP contribution in [-0.2, 0) is 6.42 Å². The van der Waals surface area contributed by atoms with E-state index in [1.807, 2.05) is 13.0 Å². The Labute approximate surface area is 91.6 Å². The Kier molecular flexibility index (Phi) is 5.15. The zero-order valence-electron chi connectivity index (χ0n) is 9.55. The fourth-order valence-corrected chi connectivity index (χ4v) is 1.52. The molecule has 0 saturated heterocycles. The van der Waals surface area contributed by atoms with E-state index in [9.17, 15) is 0 Å². The van der Waals surface area contributed by atoms with Gasteiger partial charge in [-0.15, -0.1) is 0 Å². The second-order valence-corrected chi connectivity index (χ2v) is 3.49. The molecule has 0 fully saturated rings. The molecule has 0 aliphatic rings. The number of nitrogens with one attached hydrogen (secondary N) is 1. The Balaban J connectivity index is 2.56. The molecule has 0 saturated carbocycles. The van der Waals surface area contributed by atoms with Crippen LogP contribution in [0.3, 0.4) is 0 Å². The van der Waals surface area contributed by atoms with E-state index in [-0.39, 0.29) is 0 Å². The highest BCUT2D eigenvalue weighted by molar-refractivity contribution is 5.36. The molecule has 0 aliphatic heterocycles. The first-order valence-corrected chi connectivity index (χ1v) is 5.41. The summed E-state index contributed by atoms with van der Waals surface area (Å²) in [6.07, 6.45) is 1.00. The maximum absolute atomic E-state index is 5.48. The minimum atomic E-state index is 0.538. The van der Waals surface area contributed by atoms with Crippen LogP contribution in [0, 0.1) is 6.92 Å². The molecule has 1 aromatic carbocycles. The summed E-state index contributed by atoms with van der Waals surface area (Å²) >= 11 is 0. The third-order valence-electron chi connectivity index (χ3n) is 2.27. The van der Waals surface area contributed by atoms with Gasteiger partial charge in [-0.05, 0) is 37.5 Å². The Morgan fingerprint density at radius 2 is 2.20 bits per heavy atom. The van der Waals surface area contributed by atoms with Crippen LogP contribution in [-0.4, -0.2) is 19.8 Å². The van der Waals surface area contributed by atoms with Gasteiger partial charge in [-0.1, -0.05) is 12.1 Å². The van der Waals surface area contributed by atoms with E-state index in [2.05, 4.69) is 24.4 Å². The Morgan fingerprint density at radius 1 is 1.40 bits per heavy atom. The van der Waals surface area contributed by atoms with Crippen molar-refractivity contribution in [2.45, 2.75) is 20.3 Å². The van der Waals surface area contributed by atoms with Crippen molar-refractivity contribution in [2.75, 3.05) is 19.8 Å². The average Bonchev–Trinajstić information content (AvgIpc) is 2.23. The van der Waals surface area contributed by atoms with E-state index < -0.39 is 0 Å². The lowest BCUT2D eigenvalue weighted by molar-refractivity contribution is 0.338. The van der Waals surface area contributed by atoms with Crippen LogP contribution in [0.1, 0.15) is 18.1 Å². The molecule has 3 nitrogen and oxygen atoms in total. The Bertz CT molecular complexity index is 300. The second-order valence-electron chi connectivity index (χ2n) is 3.49. The van der Waals surface area contributed by atoms with E-state index >= 15 is 0 Å². The van der Waals surface area contributed by atoms with Crippen LogP contribution in [0.5, 0.6) is 5.75 Å². The van der Waals surface area contributed by atoms with Crippen LogP contribution in [0.25, 0.3) is 0 Å². The molecule has 1 rings (SSSR count). The van der Waals surface area contributed by atoms with Gasteiger partial charge in [0, 0.05) is 13.2 Å². The van der Waals surface area contributed by atoms with Gasteiger partial charge in [0.2, 0.25) is 0 Å². The zero-order valence-corrected chi connectivity index (χ0v) is 9.55. The van der Waals surface area contributed by atoms with Crippen LogP contribution >= 0.6 is 0 Å². The van der Waals surface area contributed by atoms with Crippen molar-refractivity contribution >= 4 is 0 Å². The highest BCUT2D eigenvalue weighted by atomic mass is 16.5. The number of hydrogen-bond acceptors (Lipinski definition) is 3. The zero-order chi connectivity index (χ0) is 11.1. The molecular formula is C12H20N2O. The van der Waals surface area contributed by atoms with Gasteiger partial charge < -0.3 is 15.8 Å². The van der Waals surface area contributed by atoms with Crippen molar-refractivity contribution < 1.29 is 4.74 Å². The minimum absolute atomic E-state index is 0.538. The molecule has 0 aromatic heterocycles. The SMILES string of the molecule is CCOc1ccc(CCNCN)cc1C. The van der Waals surface area contributed by atoms with Gasteiger partial charge in [-0.25, -0.2) is 0 Å². The fraction of sp³-hybridized carbons (Fsp3) is 0.500. The quantitative estimate of drug-likeness (QED) is 0.549. The molecule has 3 heteroatoms. The maximum atomic E-state index is 5.48. The van der Waals surface area contributed by atoms with E-state index in [0.29, 0.717) is 6.67 Å². The third-order valence-corrected chi connectivity index (χ3v) is 2.27. The fourth-order valence-electron chi connectivity index (χ4n) is 1.52. The van der Waals surface area contributed by atoms with E-state index in [4.69, 9.17) is 10.5 Å². The average molecular weight is 208 g/mol. The van der Waals surface area contributed by atoms with Gasteiger partial charge in [0.05, 0.1) is 6.61 Å². The lowest BCUT2D eigenvalue weighted by Gasteiger charge is -2.09. The lowest BCUT2D eigenvalue weighted by Crippen LogP contribution is -2.24. The molecule has 0 amide bonds. The highest BCUT2D eigenvalue weighted by Crippen LogP contribution is 2.19. The largest absolute Gasteiger partial charge is 0.494 e. The maximum Gasteiger partial charge on any atom is 0.122 e. The summed E-state index contributed by atoms with van der Waals surface area (Å²) in [6, 6.07) is 6.32. The summed E-state index contributed by atoms with van der Waals surface area (Å²) < 4.78 is 5.48. The van der Waals surface area contributed by atoms with Crippen molar-refractivity contribution in [1.82, 2.24) is 5.32 Å². The third kappa shape index (κ3) is 3.90. The molecule has 0 atom stereocenters. The molecule has 1 aromatic rings. The van der Waals surface area contributed by atoms with Gasteiger partial charge in [0.15, 0.2) is 0 Å². The number of rotatable bonds is 6. The Morgan fingerprint density at radius 3 is 2.80 bits per heavy atom. The van der Waals surface area contributed by atoms with Crippen molar-refractivity contribution in [3.05, 3.63) is 29.3 Å². The number of nitrogens with two attached hydrogens (primary N) is 1. The number of hydrogen-bond donors (Lipinski definition) is 2. The Hall–Kier alpha value is -1.06. The van der Waals surface area contributed by atoms with Gasteiger partial charge in [-0.2, -0.15) is 0 Å². The molecule has 0 spiro atoms. The molecule has 84 valence electrons. The molecule has 0 aliphatic carbocycles. The van der Waals surface area contributed by atoms with Crippen molar-refractivity contribution in [3.8, 4) is 5.75 Å². The molecular weight excluding hydrogens is 188 g/mol. The van der Waals surface area contributed by atoms with Gasteiger partial charge in [0.25, 0.3) is 0 Å². The van der Waals surface area contributed by atoms with Crippen LogP contribution < -0.4 is 15.8 Å². The number of aryl methyl sites for hydroxylation is 1. The predicted molar refractivity (Wildman–Crippen MR) is 63.1 cm³/mol. The first-order valence-electron chi connectivity index (χ1n) is 5.41. The van der Waals surface area contributed by atoms with Crippen LogP contribution in [0.2, 0.25) is 0 Å². The molecule has 0 bridgehead atoms. The summed E-state index contributed by atoms with van der Waals surface area (Å²) in [6.45, 7) is 6.25. The number of ether oxygens (including phenoxy) is 1. The van der Waals surface area contributed by atoms with Gasteiger partial charge >= 0.3 is 0 Å². The van der Waals surface area contributed by atoms with E-state index in [1.54, 1.807) is 0 Å². The molecule has 0 unspecified atom stereocenters. The number of benzene rings is 1. The van der Waals surface area contributed by atoms with E-state index in [0.717, 1.165) is 25.3 Å². The monoisotopic (exact) mass is 208 g/mol. The molecule has 3 N–H and O–H groups in total. The molecule has 15 heavy (non-hydrogen) atoms. The smallest absolute Gasteiger partial charge is 0.122 e. The first-order chi connectivity index (χ1) is 7.27. The topological polar surface area (TPSA) is 47.3 Å². The molecule has 0 heterocycles. The highest BCUT2D eigenvalue weighted by Gasteiger charge is 2.00. The van der Waals surface area contributed by atoms with Crippen molar-refractivity contribution in [1.29, 1.82) is 0 Å². The standard InChI is InChI=1S/C12H20N2O/c1-3-15-12-5-4-11(8-10(12)2)6-7-14-9-13/h4-5,8,14H,3,6-7,9,13H2,1-2H3. The van der Waals surface area contributed by atoms with Crippen molar-refractivity contribution in [3.63, 3.8) is 0 Å². The predicted octanol–water partition coefficient (Wildman–Crippen LogP) is 1.44. The minimum Gasteiger partial charge on any atom is -0.494 e. The molecule has 0 radical (unpaired) electrons. The normalized spacial score (nSPS) is 10.3. The second kappa shape index (κ2) is 6.43. The van der Waals surface area contributed by atoms with Gasteiger partial charge in [-0.3, -0.25) is 0 Å². The van der Waals surface area contributed by atoms with Crippen molar-refractivity contribution in [2.24, 2.45) is 5.73 Å².